The number of hydrogen-bond acceptors (Lipinski definition) is 5. The number of hydrogen-bond donors (Lipinski definition) is 1. The van der Waals surface area contributed by atoms with Gasteiger partial charge in [0.05, 0.1) is 11.0 Å². The van der Waals surface area contributed by atoms with Crippen molar-refractivity contribution in [2.45, 2.75) is 30.2 Å². The van der Waals surface area contributed by atoms with Crippen molar-refractivity contribution in [3.63, 3.8) is 0 Å². The SMILES string of the molecule is CCCNc1cc([N+](=O)[O-])cc(Sc2cccc(C)c2)n1. The van der Waals surface area contributed by atoms with Crippen molar-refractivity contribution in [3.05, 3.63) is 52.1 Å². The molecule has 110 valence electrons. The second kappa shape index (κ2) is 7.08. The van der Waals surface area contributed by atoms with Crippen LogP contribution in [0.15, 0.2) is 46.3 Å². The third-order valence-corrected chi connectivity index (χ3v) is 3.67. The molecule has 1 heterocycles. The lowest BCUT2D eigenvalue weighted by atomic mass is 10.2. The third-order valence-electron chi connectivity index (χ3n) is 2.77. The van der Waals surface area contributed by atoms with Crippen LogP contribution in [-0.4, -0.2) is 16.5 Å². The summed E-state index contributed by atoms with van der Waals surface area (Å²) in [5.41, 5.74) is 1.20. The van der Waals surface area contributed by atoms with Gasteiger partial charge >= 0.3 is 0 Å². The monoisotopic (exact) mass is 303 g/mol. The number of anilines is 1. The summed E-state index contributed by atoms with van der Waals surface area (Å²) in [5.74, 6) is 0.543. The minimum Gasteiger partial charge on any atom is -0.370 e. The van der Waals surface area contributed by atoms with Crippen LogP contribution in [0.2, 0.25) is 0 Å². The highest BCUT2D eigenvalue weighted by atomic mass is 32.2. The van der Waals surface area contributed by atoms with Gasteiger partial charge in [0.25, 0.3) is 5.69 Å². The zero-order chi connectivity index (χ0) is 15.2. The summed E-state index contributed by atoms with van der Waals surface area (Å²) in [6.07, 6.45) is 0.935. The maximum absolute atomic E-state index is 11.0. The molecule has 0 saturated heterocycles. The Hall–Kier alpha value is -2.08. The molecule has 21 heavy (non-hydrogen) atoms. The van der Waals surface area contributed by atoms with Gasteiger partial charge < -0.3 is 5.32 Å². The highest BCUT2D eigenvalue weighted by molar-refractivity contribution is 7.99. The predicted molar refractivity (Wildman–Crippen MR) is 85.0 cm³/mol. The first-order valence-corrected chi connectivity index (χ1v) is 7.55. The Labute approximate surface area is 127 Å². The first kappa shape index (κ1) is 15.3. The van der Waals surface area contributed by atoms with Crippen molar-refractivity contribution in [1.29, 1.82) is 0 Å². The van der Waals surface area contributed by atoms with Gasteiger partial charge in [-0.2, -0.15) is 0 Å². The van der Waals surface area contributed by atoms with E-state index in [4.69, 9.17) is 0 Å². The highest BCUT2D eigenvalue weighted by Crippen LogP contribution is 2.30. The Bertz CT molecular complexity index is 647. The van der Waals surface area contributed by atoms with E-state index in [1.807, 2.05) is 38.1 Å². The van der Waals surface area contributed by atoms with Crippen LogP contribution in [-0.2, 0) is 0 Å². The maximum atomic E-state index is 11.0. The molecule has 0 aliphatic heterocycles. The standard InChI is InChI=1S/C15H17N3O2S/c1-3-7-16-14-9-12(18(19)20)10-15(17-14)21-13-6-4-5-11(2)8-13/h4-6,8-10H,3,7H2,1-2H3,(H,16,17). The van der Waals surface area contributed by atoms with E-state index in [-0.39, 0.29) is 10.6 Å². The molecule has 0 aliphatic rings. The average Bonchev–Trinajstić information content (AvgIpc) is 2.45. The lowest BCUT2D eigenvalue weighted by Gasteiger charge is -2.07. The Morgan fingerprint density at radius 2 is 2.14 bits per heavy atom. The molecule has 2 rings (SSSR count). The predicted octanol–water partition coefficient (Wildman–Crippen LogP) is 4.27. The fraction of sp³-hybridized carbons (Fsp3) is 0.267. The molecule has 0 atom stereocenters. The van der Waals surface area contributed by atoms with Crippen LogP contribution in [0.4, 0.5) is 11.5 Å². The number of nitro groups is 1. The van der Waals surface area contributed by atoms with Crippen LogP contribution < -0.4 is 5.32 Å². The van der Waals surface area contributed by atoms with Gasteiger partial charge in [-0.25, -0.2) is 4.98 Å². The highest BCUT2D eigenvalue weighted by Gasteiger charge is 2.12. The first-order chi connectivity index (χ1) is 10.1. The number of nitrogens with one attached hydrogen (secondary N) is 1. The van der Waals surface area contributed by atoms with Crippen molar-refractivity contribution in [2.75, 3.05) is 11.9 Å². The lowest BCUT2D eigenvalue weighted by molar-refractivity contribution is -0.385. The van der Waals surface area contributed by atoms with Crippen LogP contribution in [0.5, 0.6) is 0 Å². The Kier molecular flexibility index (Phi) is 5.16. The molecule has 0 bridgehead atoms. The van der Waals surface area contributed by atoms with Crippen molar-refractivity contribution >= 4 is 23.3 Å². The summed E-state index contributed by atoms with van der Waals surface area (Å²) < 4.78 is 0. The van der Waals surface area contributed by atoms with Gasteiger partial charge in [0.15, 0.2) is 0 Å². The molecule has 6 heteroatoms. The van der Waals surface area contributed by atoms with Crippen molar-refractivity contribution in [3.8, 4) is 0 Å². The van der Waals surface area contributed by atoms with Gasteiger partial charge in [0.1, 0.15) is 10.8 Å². The van der Waals surface area contributed by atoms with Gasteiger partial charge in [0.2, 0.25) is 0 Å². The van der Waals surface area contributed by atoms with Gasteiger partial charge in [-0.15, -0.1) is 0 Å². The van der Waals surface area contributed by atoms with E-state index < -0.39 is 0 Å². The lowest BCUT2D eigenvalue weighted by Crippen LogP contribution is -2.03. The molecule has 0 saturated carbocycles. The minimum atomic E-state index is -0.390. The molecule has 1 aromatic carbocycles. The molecular weight excluding hydrogens is 286 g/mol. The van der Waals surface area contributed by atoms with E-state index in [9.17, 15) is 10.1 Å². The molecule has 1 aromatic heterocycles. The second-order valence-electron chi connectivity index (χ2n) is 4.65. The molecule has 0 aliphatic carbocycles. The fourth-order valence-electron chi connectivity index (χ4n) is 1.79. The van der Waals surface area contributed by atoms with Gasteiger partial charge in [-0.05, 0) is 25.5 Å². The summed E-state index contributed by atoms with van der Waals surface area (Å²) in [5, 5.41) is 14.7. The zero-order valence-corrected chi connectivity index (χ0v) is 12.8. The first-order valence-electron chi connectivity index (χ1n) is 6.73. The average molecular weight is 303 g/mol. The normalized spacial score (nSPS) is 10.4. The molecule has 0 unspecified atom stereocenters. The number of pyridine rings is 1. The molecule has 0 spiro atoms. The molecular formula is C15H17N3O2S. The Morgan fingerprint density at radius 1 is 1.33 bits per heavy atom. The topological polar surface area (TPSA) is 68.1 Å². The minimum absolute atomic E-state index is 0.0544. The smallest absolute Gasteiger partial charge is 0.275 e. The summed E-state index contributed by atoms with van der Waals surface area (Å²) >= 11 is 1.43. The fourth-order valence-corrected chi connectivity index (χ4v) is 2.75. The van der Waals surface area contributed by atoms with Gasteiger partial charge in [0, 0.05) is 17.5 Å². The van der Waals surface area contributed by atoms with Crippen LogP contribution in [0.3, 0.4) is 0 Å². The van der Waals surface area contributed by atoms with Crippen LogP contribution >= 0.6 is 11.8 Å². The summed E-state index contributed by atoms with van der Waals surface area (Å²) in [7, 11) is 0. The largest absolute Gasteiger partial charge is 0.370 e. The number of rotatable bonds is 6. The van der Waals surface area contributed by atoms with E-state index in [1.165, 1.54) is 23.9 Å². The summed E-state index contributed by atoms with van der Waals surface area (Å²) in [6.45, 7) is 4.79. The molecule has 1 N–H and O–H groups in total. The molecule has 0 radical (unpaired) electrons. The Balaban J connectivity index is 2.28. The quantitative estimate of drug-likeness (QED) is 0.637. The van der Waals surface area contributed by atoms with E-state index in [1.54, 1.807) is 0 Å². The maximum Gasteiger partial charge on any atom is 0.275 e. The second-order valence-corrected chi connectivity index (χ2v) is 5.75. The van der Waals surface area contributed by atoms with Crippen molar-refractivity contribution < 1.29 is 4.92 Å². The van der Waals surface area contributed by atoms with Crippen LogP contribution in [0.1, 0.15) is 18.9 Å². The molecule has 0 amide bonds. The molecule has 0 fully saturated rings. The molecule has 2 aromatic rings. The van der Waals surface area contributed by atoms with Crippen molar-refractivity contribution in [2.24, 2.45) is 0 Å². The zero-order valence-electron chi connectivity index (χ0n) is 12.0. The van der Waals surface area contributed by atoms with Gasteiger partial charge in [-0.1, -0.05) is 36.4 Å². The number of aromatic nitrogens is 1. The van der Waals surface area contributed by atoms with E-state index in [0.717, 1.165) is 23.4 Å². The van der Waals surface area contributed by atoms with Crippen LogP contribution in [0.25, 0.3) is 0 Å². The van der Waals surface area contributed by atoms with Crippen molar-refractivity contribution in [1.82, 2.24) is 4.98 Å². The summed E-state index contributed by atoms with van der Waals surface area (Å²) in [4.78, 5) is 16.1. The number of nitrogens with zero attached hydrogens (tertiary/aromatic N) is 2. The number of benzene rings is 1. The van der Waals surface area contributed by atoms with Crippen LogP contribution in [0, 0.1) is 17.0 Å². The van der Waals surface area contributed by atoms with E-state index in [2.05, 4.69) is 10.3 Å². The van der Waals surface area contributed by atoms with E-state index in [0.29, 0.717) is 10.8 Å². The molecule has 5 nitrogen and oxygen atoms in total. The Morgan fingerprint density at radius 3 is 2.81 bits per heavy atom. The van der Waals surface area contributed by atoms with Gasteiger partial charge in [-0.3, -0.25) is 10.1 Å². The number of aryl methyl sites for hydroxylation is 1. The van der Waals surface area contributed by atoms with E-state index >= 15 is 0 Å². The third kappa shape index (κ3) is 4.46. The summed E-state index contributed by atoms with van der Waals surface area (Å²) in [6, 6.07) is 11.0.